The van der Waals surface area contributed by atoms with Crippen molar-refractivity contribution in [3.63, 3.8) is 0 Å². The molecule has 0 radical (unpaired) electrons. The number of rotatable bonds is 4. The number of carbonyl (C=O) groups is 3. The molecule has 7 nitrogen and oxygen atoms in total. The molecular formula is C21H34N2O5. The zero-order valence-corrected chi connectivity index (χ0v) is 17.7. The predicted octanol–water partition coefficient (Wildman–Crippen LogP) is 3.03. The molecule has 2 aliphatic carbocycles. The first-order chi connectivity index (χ1) is 12.9. The number of carbonyl (C=O) groups excluding carboxylic acids is 2. The van der Waals surface area contributed by atoms with E-state index in [0.717, 1.165) is 32.1 Å². The first kappa shape index (κ1) is 20.9. The Labute approximate surface area is 167 Å². The van der Waals surface area contributed by atoms with Gasteiger partial charge in [0.25, 0.3) is 0 Å². The molecule has 1 aliphatic heterocycles. The third kappa shape index (κ3) is 3.98. The summed E-state index contributed by atoms with van der Waals surface area (Å²) in [6.07, 6.45) is 4.26. The van der Waals surface area contributed by atoms with Gasteiger partial charge < -0.3 is 20.1 Å². The highest BCUT2D eigenvalue weighted by atomic mass is 16.6. The van der Waals surface area contributed by atoms with Crippen LogP contribution in [-0.2, 0) is 14.3 Å². The maximum absolute atomic E-state index is 13.4. The number of fused-ring (bicyclic) bond motifs is 1. The summed E-state index contributed by atoms with van der Waals surface area (Å²) in [4.78, 5) is 39.3. The fraction of sp³-hybridized carbons (Fsp3) is 0.857. The number of ether oxygens (including phenoxy) is 1. The number of nitrogens with zero attached hydrogens (tertiary/aromatic N) is 1. The molecule has 4 atom stereocenters. The molecule has 0 aromatic rings. The van der Waals surface area contributed by atoms with Crippen LogP contribution in [0.15, 0.2) is 0 Å². The van der Waals surface area contributed by atoms with Crippen molar-refractivity contribution in [3.05, 3.63) is 0 Å². The minimum Gasteiger partial charge on any atom is -0.480 e. The Morgan fingerprint density at radius 3 is 2.29 bits per heavy atom. The van der Waals surface area contributed by atoms with Crippen LogP contribution in [0.3, 0.4) is 0 Å². The minimum absolute atomic E-state index is 0.0116. The van der Waals surface area contributed by atoms with Crippen LogP contribution in [0.1, 0.15) is 66.7 Å². The molecule has 1 unspecified atom stereocenters. The number of alkyl carbamates (subject to hydrolysis) is 1. The lowest BCUT2D eigenvalue weighted by atomic mass is 9.83. The average molecular weight is 395 g/mol. The number of hydrogen-bond acceptors (Lipinski definition) is 4. The van der Waals surface area contributed by atoms with Gasteiger partial charge in [0.1, 0.15) is 17.7 Å². The van der Waals surface area contributed by atoms with Gasteiger partial charge in [0.15, 0.2) is 0 Å². The third-order valence-corrected chi connectivity index (χ3v) is 6.80. The summed E-state index contributed by atoms with van der Waals surface area (Å²) in [5, 5.41) is 12.6. The Morgan fingerprint density at radius 1 is 1.14 bits per heavy atom. The van der Waals surface area contributed by atoms with Crippen molar-refractivity contribution >= 4 is 18.0 Å². The second kappa shape index (κ2) is 7.23. The lowest BCUT2D eigenvalue weighted by Gasteiger charge is -2.36. The Kier molecular flexibility index (Phi) is 5.40. The van der Waals surface area contributed by atoms with Crippen LogP contribution in [0.4, 0.5) is 4.79 Å². The molecule has 3 aliphatic rings. The van der Waals surface area contributed by atoms with Crippen molar-refractivity contribution in [3.8, 4) is 0 Å². The highest BCUT2D eigenvalue weighted by Gasteiger charge is 2.70. The van der Waals surface area contributed by atoms with Crippen molar-refractivity contribution in [1.29, 1.82) is 0 Å². The number of amides is 2. The summed E-state index contributed by atoms with van der Waals surface area (Å²) >= 11 is 0. The SMILES string of the molecule is CC(C)(C)OC(=O)N[C@H](C(=O)N1C[C@H]2C([C@H]1C(=O)O)C2(C)C)C1CCCCC1. The van der Waals surface area contributed by atoms with E-state index in [1.807, 2.05) is 0 Å². The molecule has 2 saturated carbocycles. The standard InChI is InChI=1S/C21H34N2O5/c1-20(2,3)28-19(27)22-15(12-9-7-6-8-10-12)17(24)23-11-13-14(21(13,4)5)16(23)18(25)26/h12-16H,6-11H2,1-5H3,(H,22,27)(H,25,26)/t13-,14?,15-,16-/m0/s1. The Balaban J connectivity index is 1.78. The van der Waals surface area contributed by atoms with Crippen molar-refractivity contribution in [2.24, 2.45) is 23.2 Å². The van der Waals surface area contributed by atoms with Crippen LogP contribution >= 0.6 is 0 Å². The molecule has 3 fully saturated rings. The van der Waals surface area contributed by atoms with Crippen molar-refractivity contribution in [1.82, 2.24) is 10.2 Å². The van der Waals surface area contributed by atoms with Crippen LogP contribution in [0, 0.1) is 23.2 Å². The zero-order valence-electron chi connectivity index (χ0n) is 17.7. The van der Waals surface area contributed by atoms with E-state index in [2.05, 4.69) is 19.2 Å². The number of piperidine rings is 1. The summed E-state index contributed by atoms with van der Waals surface area (Å²) in [6, 6.07) is -1.53. The normalized spacial score (nSPS) is 30.3. The molecule has 0 spiro atoms. The molecule has 0 bridgehead atoms. The van der Waals surface area contributed by atoms with Crippen LogP contribution in [0.2, 0.25) is 0 Å². The zero-order chi connectivity index (χ0) is 20.9. The molecule has 2 amide bonds. The van der Waals surface area contributed by atoms with Crippen LogP contribution in [0.25, 0.3) is 0 Å². The molecule has 7 heteroatoms. The summed E-state index contributed by atoms with van der Waals surface area (Å²) in [5.74, 6) is -0.999. The molecule has 0 aromatic heterocycles. The summed E-state index contributed by atoms with van der Waals surface area (Å²) in [7, 11) is 0. The molecule has 2 N–H and O–H groups in total. The molecule has 0 aromatic carbocycles. The number of carboxylic acid groups (broad SMARTS) is 1. The molecular weight excluding hydrogens is 360 g/mol. The Hall–Kier alpha value is -1.79. The van der Waals surface area contributed by atoms with Crippen molar-refractivity contribution in [2.45, 2.75) is 84.4 Å². The predicted molar refractivity (Wildman–Crippen MR) is 104 cm³/mol. The van der Waals surface area contributed by atoms with E-state index in [1.165, 1.54) is 4.90 Å². The number of carboxylic acids is 1. The van der Waals surface area contributed by atoms with E-state index >= 15 is 0 Å². The van der Waals surface area contributed by atoms with Gasteiger partial charge in [-0.1, -0.05) is 33.1 Å². The maximum Gasteiger partial charge on any atom is 0.408 e. The van der Waals surface area contributed by atoms with Gasteiger partial charge in [-0.25, -0.2) is 9.59 Å². The molecule has 1 heterocycles. The minimum atomic E-state index is -0.953. The van der Waals surface area contributed by atoms with Gasteiger partial charge in [0.05, 0.1) is 0 Å². The highest BCUT2D eigenvalue weighted by Crippen LogP contribution is 2.64. The number of nitrogens with one attached hydrogen (secondary N) is 1. The second-order valence-electron chi connectivity index (χ2n) is 10.2. The lowest BCUT2D eigenvalue weighted by molar-refractivity contribution is -0.151. The molecule has 3 rings (SSSR count). The quantitative estimate of drug-likeness (QED) is 0.764. The van der Waals surface area contributed by atoms with E-state index in [4.69, 9.17) is 4.74 Å². The van der Waals surface area contributed by atoms with Gasteiger partial charge in [0.2, 0.25) is 5.91 Å². The lowest BCUT2D eigenvalue weighted by Crippen LogP contribution is -2.57. The van der Waals surface area contributed by atoms with Crippen LogP contribution in [0.5, 0.6) is 0 Å². The van der Waals surface area contributed by atoms with Gasteiger partial charge in [-0.2, -0.15) is 0 Å². The first-order valence-electron chi connectivity index (χ1n) is 10.5. The van der Waals surface area contributed by atoms with Crippen molar-refractivity contribution < 1.29 is 24.2 Å². The summed E-state index contributed by atoms with van der Waals surface area (Å²) in [5.41, 5.74) is -0.702. The molecule has 158 valence electrons. The number of hydrogen-bond donors (Lipinski definition) is 2. The average Bonchev–Trinajstić information content (AvgIpc) is 2.95. The van der Waals surface area contributed by atoms with E-state index in [0.29, 0.717) is 6.54 Å². The van der Waals surface area contributed by atoms with Gasteiger partial charge in [0, 0.05) is 12.5 Å². The highest BCUT2D eigenvalue weighted by molar-refractivity contribution is 5.91. The van der Waals surface area contributed by atoms with Gasteiger partial charge >= 0.3 is 12.1 Å². The number of aliphatic carboxylic acids is 1. The number of likely N-dealkylation sites (tertiary alicyclic amines) is 1. The second-order valence-corrected chi connectivity index (χ2v) is 10.2. The fourth-order valence-corrected chi connectivity index (χ4v) is 5.26. The third-order valence-electron chi connectivity index (χ3n) is 6.80. The van der Waals surface area contributed by atoms with Crippen LogP contribution in [-0.4, -0.2) is 52.2 Å². The molecule has 28 heavy (non-hydrogen) atoms. The molecule has 1 saturated heterocycles. The largest absolute Gasteiger partial charge is 0.480 e. The van der Waals surface area contributed by atoms with Crippen molar-refractivity contribution in [2.75, 3.05) is 6.54 Å². The Bertz CT molecular complexity index is 648. The summed E-state index contributed by atoms with van der Waals surface area (Å²) in [6.45, 7) is 9.92. The Morgan fingerprint density at radius 2 is 1.75 bits per heavy atom. The van der Waals surface area contributed by atoms with E-state index in [1.54, 1.807) is 20.8 Å². The topological polar surface area (TPSA) is 95.9 Å². The van der Waals surface area contributed by atoms with Gasteiger partial charge in [-0.3, -0.25) is 4.79 Å². The smallest absolute Gasteiger partial charge is 0.408 e. The fourth-order valence-electron chi connectivity index (χ4n) is 5.26. The summed E-state index contributed by atoms with van der Waals surface area (Å²) < 4.78 is 5.37. The van der Waals surface area contributed by atoms with E-state index < -0.39 is 29.7 Å². The van der Waals surface area contributed by atoms with E-state index in [9.17, 15) is 19.5 Å². The monoisotopic (exact) mass is 394 g/mol. The maximum atomic E-state index is 13.4. The van der Waals surface area contributed by atoms with Gasteiger partial charge in [-0.15, -0.1) is 0 Å². The first-order valence-corrected chi connectivity index (χ1v) is 10.5. The van der Waals surface area contributed by atoms with Gasteiger partial charge in [-0.05, 0) is 50.9 Å². The van der Waals surface area contributed by atoms with Crippen LogP contribution < -0.4 is 5.32 Å². The van der Waals surface area contributed by atoms with E-state index in [-0.39, 0.29) is 29.1 Å².